The monoisotopic (exact) mass is 185 g/mol. The molecule has 0 radical (unpaired) electrons. The highest BCUT2D eigenvalue weighted by Gasteiger charge is 2.18. The second kappa shape index (κ2) is 5.07. The van der Waals surface area contributed by atoms with Crippen LogP contribution in [0.1, 0.15) is 32.6 Å². The Labute approximate surface area is 79.2 Å². The van der Waals surface area contributed by atoms with Crippen molar-refractivity contribution in [2.24, 2.45) is 16.8 Å². The van der Waals surface area contributed by atoms with Gasteiger partial charge in [0.05, 0.1) is 6.54 Å². The summed E-state index contributed by atoms with van der Waals surface area (Å²) < 4.78 is 0. The number of hydrogen-bond donors (Lipinski definition) is 3. The Morgan fingerprint density at radius 2 is 2.38 bits per heavy atom. The molecule has 1 aliphatic rings. The molecule has 0 spiro atoms. The van der Waals surface area contributed by atoms with Crippen LogP contribution in [0.2, 0.25) is 0 Å². The van der Waals surface area contributed by atoms with Crippen LogP contribution in [0.4, 0.5) is 0 Å². The first-order chi connectivity index (χ1) is 6.22. The van der Waals surface area contributed by atoms with Crippen molar-refractivity contribution >= 4 is 5.84 Å². The summed E-state index contributed by atoms with van der Waals surface area (Å²) in [4.78, 5) is 0. The van der Waals surface area contributed by atoms with Gasteiger partial charge in [-0.25, -0.2) is 0 Å². The Balaban J connectivity index is 2.20. The molecule has 0 saturated heterocycles. The lowest BCUT2D eigenvalue weighted by Gasteiger charge is -2.27. The van der Waals surface area contributed by atoms with Gasteiger partial charge in [0.2, 0.25) is 0 Å². The first-order valence-electron chi connectivity index (χ1n) is 4.92. The van der Waals surface area contributed by atoms with Crippen LogP contribution in [0.15, 0.2) is 5.16 Å². The standard InChI is InChI=1S/C9H19N3O/c1-7-3-2-4-8(5-7)11-6-9(10)12-13/h7-8,11,13H,2-6H2,1H3,(H2,10,12). The zero-order chi connectivity index (χ0) is 9.68. The van der Waals surface area contributed by atoms with E-state index in [1.165, 1.54) is 25.7 Å². The highest BCUT2D eigenvalue weighted by Crippen LogP contribution is 2.23. The number of nitrogens with two attached hydrogens (primary N) is 1. The van der Waals surface area contributed by atoms with E-state index in [0.29, 0.717) is 12.6 Å². The number of oxime groups is 1. The van der Waals surface area contributed by atoms with Crippen LogP contribution in [0.25, 0.3) is 0 Å². The highest BCUT2D eigenvalue weighted by atomic mass is 16.4. The Morgan fingerprint density at radius 1 is 1.62 bits per heavy atom. The summed E-state index contributed by atoms with van der Waals surface area (Å²) in [6.07, 6.45) is 5.04. The van der Waals surface area contributed by atoms with E-state index in [0.717, 1.165) is 5.92 Å². The van der Waals surface area contributed by atoms with Gasteiger partial charge < -0.3 is 16.3 Å². The Bertz CT molecular complexity index is 182. The Morgan fingerprint density at radius 3 is 3.00 bits per heavy atom. The fourth-order valence-corrected chi connectivity index (χ4v) is 1.90. The Hall–Kier alpha value is -0.770. The maximum atomic E-state index is 8.34. The first kappa shape index (κ1) is 10.3. The van der Waals surface area contributed by atoms with E-state index in [-0.39, 0.29) is 5.84 Å². The summed E-state index contributed by atoms with van der Waals surface area (Å²) in [5.74, 6) is 1.07. The van der Waals surface area contributed by atoms with E-state index in [1.807, 2.05) is 0 Å². The lowest BCUT2D eigenvalue weighted by Crippen LogP contribution is -2.39. The average Bonchev–Trinajstić information content (AvgIpc) is 2.14. The van der Waals surface area contributed by atoms with Crippen molar-refractivity contribution in [2.45, 2.75) is 38.6 Å². The fourth-order valence-electron chi connectivity index (χ4n) is 1.90. The molecule has 4 N–H and O–H groups in total. The molecular formula is C9H19N3O. The predicted molar refractivity (Wildman–Crippen MR) is 52.8 cm³/mol. The van der Waals surface area contributed by atoms with Crippen LogP contribution < -0.4 is 11.1 Å². The van der Waals surface area contributed by atoms with Crippen LogP contribution in [0.5, 0.6) is 0 Å². The van der Waals surface area contributed by atoms with Gasteiger partial charge in [-0.15, -0.1) is 0 Å². The van der Waals surface area contributed by atoms with Crippen molar-refractivity contribution in [1.82, 2.24) is 5.32 Å². The molecule has 1 fully saturated rings. The molecule has 13 heavy (non-hydrogen) atoms. The number of amidine groups is 1. The topological polar surface area (TPSA) is 70.6 Å². The highest BCUT2D eigenvalue weighted by molar-refractivity contribution is 5.81. The lowest BCUT2D eigenvalue weighted by atomic mass is 9.87. The molecule has 0 heterocycles. The van der Waals surface area contributed by atoms with Gasteiger partial charge in [-0.3, -0.25) is 0 Å². The van der Waals surface area contributed by atoms with Crippen molar-refractivity contribution in [1.29, 1.82) is 0 Å². The maximum Gasteiger partial charge on any atom is 0.153 e. The van der Waals surface area contributed by atoms with Crippen molar-refractivity contribution in [3.63, 3.8) is 0 Å². The number of rotatable bonds is 3. The molecule has 0 amide bonds. The summed E-state index contributed by atoms with van der Waals surface area (Å²) in [7, 11) is 0. The van der Waals surface area contributed by atoms with Gasteiger partial charge in [-0.2, -0.15) is 0 Å². The normalized spacial score (nSPS) is 30.4. The predicted octanol–water partition coefficient (Wildman–Crippen LogP) is 0.901. The summed E-state index contributed by atoms with van der Waals surface area (Å²) in [5.41, 5.74) is 5.36. The molecule has 2 unspecified atom stereocenters. The van der Waals surface area contributed by atoms with Crippen molar-refractivity contribution in [2.75, 3.05) is 6.54 Å². The van der Waals surface area contributed by atoms with Crippen LogP contribution in [-0.4, -0.2) is 23.6 Å². The minimum atomic E-state index is 0.262. The molecule has 0 aromatic rings. The van der Waals surface area contributed by atoms with Gasteiger partial charge in [0, 0.05) is 6.04 Å². The summed E-state index contributed by atoms with van der Waals surface area (Å²) in [6, 6.07) is 0.545. The zero-order valence-corrected chi connectivity index (χ0v) is 8.16. The molecule has 0 bridgehead atoms. The third-order valence-corrected chi connectivity index (χ3v) is 2.64. The third kappa shape index (κ3) is 3.63. The summed E-state index contributed by atoms with van der Waals surface area (Å²) in [6.45, 7) is 2.77. The Kier molecular flexibility index (Phi) is 4.02. The van der Waals surface area contributed by atoms with Crippen molar-refractivity contribution < 1.29 is 5.21 Å². The zero-order valence-electron chi connectivity index (χ0n) is 8.16. The van der Waals surface area contributed by atoms with Gasteiger partial charge in [0.1, 0.15) is 0 Å². The van der Waals surface area contributed by atoms with E-state index < -0.39 is 0 Å². The second-order valence-electron chi connectivity index (χ2n) is 3.94. The molecule has 0 aromatic carbocycles. The maximum absolute atomic E-state index is 8.34. The van der Waals surface area contributed by atoms with Crippen LogP contribution >= 0.6 is 0 Å². The molecule has 1 saturated carbocycles. The van der Waals surface area contributed by atoms with Gasteiger partial charge in [0.25, 0.3) is 0 Å². The van der Waals surface area contributed by atoms with Crippen LogP contribution in [0.3, 0.4) is 0 Å². The van der Waals surface area contributed by atoms with E-state index in [4.69, 9.17) is 10.9 Å². The number of hydrogen-bond acceptors (Lipinski definition) is 3. The van der Waals surface area contributed by atoms with E-state index in [9.17, 15) is 0 Å². The van der Waals surface area contributed by atoms with E-state index in [1.54, 1.807) is 0 Å². The first-order valence-corrected chi connectivity index (χ1v) is 4.92. The number of nitrogens with zero attached hydrogens (tertiary/aromatic N) is 1. The molecule has 76 valence electrons. The quantitative estimate of drug-likeness (QED) is 0.265. The second-order valence-corrected chi connectivity index (χ2v) is 3.94. The molecule has 0 aliphatic heterocycles. The molecule has 1 aliphatic carbocycles. The molecule has 4 heteroatoms. The van der Waals surface area contributed by atoms with Crippen molar-refractivity contribution in [3.05, 3.63) is 0 Å². The molecular weight excluding hydrogens is 166 g/mol. The van der Waals surface area contributed by atoms with Gasteiger partial charge in [-0.05, 0) is 18.8 Å². The van der Waals surface area contributed by atoms with Gasteiger partial charge >= 0.3 is 0 Å². The minimum Gasteiger partial charge on any atom is -0.409 e. The fraction of sp³-hybridized carbons (Fsp3) is 0.889. The van der Waals surface area contributed by atoms with E-state index >= 15 is 0 Å². The van der Waals surface area contributed by atoms with Crippen molar-refractivity contribution in [3.8, 4) is 0 Å². The minimum absolute atomic E-state index is 0.262. The van der Waals surface area contributed by atoms with E-state index in [2.05, 4.69) is 17.4 Å². The molecule has 4 nitrogen and oxygen atoms in total. The summed E-state index contributed by atoms with van der Waals surface area (Å²) in [5, 5.41) is 14.5. The smallest absolute Gasteiger partial charge is 0.153 e. The molecule has 1 rings (SSSR count). The lowest BCUT2D eigenvalue weighted by molar-refractivity contribution is 0.303. The summed E-state index contributed by atoms with van der Waals surface area (Å²) >= 11 is 0. The molecule has 0 aromatic heterocycles. The average molecular weight is 185 g/mol. The third-order valence-electron chi connectivity index (χ3n) is 2.64. The van der Waals surface area contributed by atoms with Crippen LogP contribution in [0, 0.1) is 5.92 Å². The molecule has 2 atom stereocenters. The SMILES string of the molecule is CC1CCCC(NCC(N)=NO)C1. The number of nitrogens with one attached hydrogen (secondary N) is 1. The van der Waals surface area contributed by atoms with Gasteiger partial charge in [-0.1, -0.05) is 24.9 Å². The van der Waals surface area contributed by atoms with Gasteiger partial charge in [0.15, 0.2) is 5.84 Å². The largest absolute Gasteiger partial charge is 0.409 e. The van der Waals surface area contributed by atoms with Crippen LogP contribution in [-0.2, 0) is 0 Å².